The Morgan fingerprint density at radius 2 is 1.58 bits per heavy atom. The number of aryl methyl sites for hydroxylation is 3. The molecular weight excluding hydrogens is 412 g/mol. The van der Waals surface area contributed by atoms with Gasteiger partial charge in [0.05, 0.1) is 4.90 Å². The molecular formula is C22H22N6O2S. The first-order valence-electron chi connectivity index (χ1n) is 9.62. The summed E-state index contributed by atoms with van der Waals surface area (Å²) in [7, 11) is -3.69. The van der Waals surface area contributed by atoms with E-state index >= 15 is 0 Å². The molecule has 8 nitrogen and oxygen atoms in total. The molecule has 0 spiro atoms. The van der Waals surface area contributed by atoms with E-state index in [0.717, 1.165) is 16.8 Å². The topological polar surface area (TPSA) is 102 Å². The largest absolute Gasteiger partial charge is 0.340 e. The number of rotatable bonds is 6. The highest BCUT2D eigenvalue weighted by Gasteiger charge is 2.18. The lowest BCUT2D eigenvalue weighted by molar-refractivity contribution is 0.600. The summed E-state index contributed by atoms with van der Waals surface area (Å²) >= 11 is 0. The predicted molar refractivity (Wildman–Crippen MR) is 120 cm³/mol. The fraction of sp³-hybridized carbons (Fsp3) is 0.136. The van der Waals surface area contributed by atoms with Crippen LogP contribution in [0.15, 0.2) is 72.1 Å². The standard InChI is InChI=1S/C22H22N6O2S/c1-15-11-17(3)20(12-16(15)2)31(29,30)27-19-7-5-18(6-8-19)26-21-13-22(24-14-23-21)28-10-4-9-25-28/h4-14,27H,1-3H3,(H,23,24,26). The highest BCUT2D eigenvalue weighted by atomic mass is 32.2. The van der Waals surface area contributed by atoms with Crippen molar-refractivity contribution in [2.45, 2.75) is 25.7 Å². The van der Waals surface area contributed by atoms with Gasteiger partial charge in [0.25, 0.3) is 10.0 Å². The maximum absolute atomic E-state index is 12.9. The maximum atomic E-state index is 12.9. The van der Waals surface area contributed by atoms with Crippen LogP contribution in [0.5, 0.6) is 0 Å². The van der Waals surface area contributed by atoms with Gasteiger partial charge in [-0.3, -0.25) is 4.72 Å². The molecule has 0 aliphatic rings. The molecule has 0 unspecified atom stereocenters. The third-order valence-corrected chi connectivity index (χ3v) is 6.41. The van der Waals surface area contributed by atoms with Gasteiger partial charge < -0.3 is 5.32 Å². The average Bonchev–Trinajstić information content (AvgIpc) is 3.27. The molecule has 158 valence electrons. The van der Waals surface area contributed by atoms with E-state index in [9.17, 15) is 8.42 Å². The van der Waals surface area contributed by atoms with E-state index in [1.54, 1.807) is 60.4 Å². The van der Waals surface area contributed by atoms with E-state index < -0.39 is 10.0 Å². The Kier molecular flexibility index (Phi) is 5.43. The van der Waals surface area contributed by atoms with Gasteiger partial charge in [0.2, 0.25) is 0 Å². The number of anilines is 3. The van der Waals surface area contributed by atoms with Crippen molar-refractivity contribution in [2.24, 2.45) is 0 Å². The highest BCUT2D eigenvalue weighted by Crippen LogP contribution is 2.24. The van der Waals surface area contributed by atoms with E-state index in [1.807, 2.05) is 26.0 Å². The summed E-state index contributed by atoms with van der Waals surface area (Å²) in [4.78, 5) is 8.70. The van der Waals surface area contributed by atoms with Crippen LogP contribution < -0.4 is 10.0 Å². The van der Waals surface area contributed by atoms with Crippen LogP contribution in [0.4, 0.5) is 17.2 Å². The van der Waals surface area contributed by atoms with Gasteiger partial charge in [-0.15, -0.1) is 0 Å². The second-order valence-electron chi connectivity index (χ2n) is 7.22. The number of nitrogens with zero attached hydrogens (tertiary/aromatic N) is 4. The summed E-state index contributed by atoms with van der Waals surface area (Å²) in [6, 6.07) is 14.1. The monoisotopic (exact) mass is 434 g/mol. The van der Waals surface area contributed by atoms with Crippen molar-refractivity contribution in [3.63, 3.8) is 0 Å². The molecule has 9 heteroatoms. The quantitative estimate of drug-likeness (QED) is 0.473. The van der Waals surface area contributed by atoms with Gasteiger partial charge >= 0.3 is 0 Å². The minimum absolute atomic E-state index is 0.282. The molecule has 0 saturated heterocycles. The van der Waals surface area contributed by atoms with Gasteiger partial charge in [0.1, 0.15) is 12.1 Å². The number of nitrogens with one attached hydrogen (secondary N) is 2. The molecule has 0 radical (unpaired) electrons. The second-order valence-corrected chi connectivity index (χ2v) is 8.87. The van der Waals surface area contributed by atoms with Gasteiger partial charge in [0, 0.05) is 29.8 Å². The maximum Gasteiger partial charge on any atom is 0.262 e. The summed E-state index contributed by atoms with van der Waals surface area (Å²) in [5, 5.41) is 7.34. The van der Waals surface area contributed by atoms with Gasteiger partial charge in [-0.2, -0.15) is 5.10 Å². The van der Waals surface area contributed by atoms with Crippen LogP contribution in [-0.4, -0.2) is 28.2 Å². The molecule has 0 bridgehead atoms. The molecule has 2 aromatic carbocycles. The molecule has 31 heavy (non-hydrogen) atoms. The smallest absolute Gasteiger partial charge is 0.262 e. The fourth-order valence-corrected chi connectivity index (χ4v) is 4.52. The summed E-state index contributed by atoms with van der Waals surface area (Å²) in [6.45, 7) is 5.67. The van der Waals surface area contributed by atoms with Crippen LogP contribution >= 0.6 is 0 Å². The van der Waals surface area contributed by atoms with Gasteiger partial charge in [-0.05, 0) is 73.9 Å². The molecule has 0 aliphatic heterocycles. The third kappa shape index (κ3) is 4.56. The lowest BCUT2D eigenvalue weighted by atomic mass is 10.1. The Bertz CT molecular complexity index is 1320. The Labute approximate surface area is 181 Å². The number of hydrogen-bond acceptors (Lipinski definition) is 6. The predicted octanol–water partition coefficient (Wildman–Crippen LogP) is 4.13. The number of benzene rings is 2. The Hall–Kier alpha value is -3.72. The zero-order valence-electron chi connectivity index (χ0n) is 17.4. The van der Waals surface area contributed by atoms with E-state index in [2.05, 4.69) is 25.1 Å². The second kappa shape index (κ2) is 8.19. The van der Waals surface area contributed by atoms with E-state index in [-0.39, 0.29) is 4.90 Å². The van der Waals surface area contributed by atoms with Gasteiger partial charge in [0.15, 0.2) is 5.82 Å². The summed E-state index contributed by atoms with van der Waals surface area (Å²) in [5.74, 6) is 1.23. The number of aromatic nitrogens is 4. The molecule has 4 rings (SSSR count). The molecule has 4 aromatic rings. The first kappa shape index (κ1) is 20.5. The molecule has 2 N–H and O–H groups in total. The number of hydrogen-bond donors (Lipinski definition) is 2. The highest BCUT2D eigenvalue weighted by molar-refractivity contribution is 7.92. The zero-order valence-corrected chi connectivity index (χ0v) is 18.2. The van der Waals surface area contributed by atoms with E-state index in [0.29, 0.717) is 22.9 Å². The van der Waals surface area contributed by atoms with Gasteiger partial charge in [-0.25, -0.2) is 23.1 Å². The third-order valence-electron chi connectivity index (χ3n) is 4.88. The van der Waals surface area contributed by atoms with Crippen molar-refractivity contribution < 1.29 is 8.42 Å². The van der Waals surface area contributed by atoms with Crippen molar-refractivity contribution in [3.05, 3.63) is 83.9 Å². The zero-order chi connectivity index (χ0) is 22.0. The Balaban J connectivity index is 1.50. The van der Waals surface area contributed by atoms with Crippen LogP contribution in [0.25, 0.3) is 5.82 Å². The first-order valence-corrected chi connectivity index (χ1v) is 11.1. The summed E-state index contributed by atoms with van der Waals surface area (Å²) in [5.41, 5.74) is 3.95. The first-order chi connectivity index (χ1) is 14.8. The lowest BCUT2D eigenvalue weighted by Gasteiger charge is -2.13. The fourth-order valence-electron chi connectivity index (χ4n) is 3.15. The van der Waals surface area contributed by atoms with Crippen LogP contribution in [0.2, 0.25) is 0 Å². The minimum atomic E-state index is -3.69. The van der Waals surface area contributed by atoms with Crippen molar-refractivity contribution in [1.82, 2.24) is 19.7 Å². The Morgan fingerprint density at radius 1 is 0.871 bits per heavy atom. The molecule has 0 saturated carbocycles. The van der Waals surface area contributed by atoms with Crippen molar-refractivity contribution in [1.29, 1.82) is 0 Å². The SMILES string of the molecule is Cc1cc(C)c(S(=O)(=O)Nc2ccc(Nc3cc(-n4cccn4)ncn3)cc2)cc1C. The molecule has 0 atom stereocenters. The molecule has 2 heterocycles. The van der Waals surface area contributed by atoms with Crippen LogP contribution in [0.3, 0.4) is 0 Å². The number of sulfonamides is 1. The van der Waals surface area contributed by atoms with Crippen LogP contribution in [-0.2, 0) is 10.0 Å². The van der Waals surface area contributed by atoms with Gasteiger partial charge in [-0.1, -0.05) is 6.07 Å². The molecule has 0 aliphatic carbocycles. The molecule has 2 aromatic heterocycles. The normalized spacial score (nSPS) is 11.3. The van der Waals surface area contributed by atoms with Crippen LogP contribution in [0.1, 0.15) is 16.7 Å². The Morgan fingerprint density at radius 3 is 2.29 bits per heavy atom. The lowest BCUT2D eigenvalue weighted by Crippen LogP contribution is -2.14. The minimum Gasteiger partial charge on any atom is -0.340 e. The van der Waals surface area contributed by atoms with Crippen molar-refractivity contribution in [2.75, 3.05) is 10.0 Å². The molecule has 0 amide bonds. The van der Waals surface area contributed by atoms with E-state index in [1.165, 1.54) is 6.33 Å². The summed E-state index contributed by atoms with van der Waals surface area (Å²) < 4.78 is 30.0. The average molecular weight is 435 g/mol. The molecule has 0 fully saturated rings. The summed E-state index contributed by atoms with van der Waals surface area (Å²) in [6.07, 6.45) is 4.92. The van der Waals surface area contributed by atoms with Crippen molar-refractivity contribution >= 4 is 27.2 Å². The van der Waals surface area contributed by atoms with Crippen LogP contribution in [0, 0.1) is 20.8 Å². The van der Waals surface area contributed by atoms with Crippen molar-refractivity contribution in [3.8, 4) is 5.82 Å². The van der Waals surface area contributed by atoms with E-state index in [4.69, 9.17) is 0 Å².